The maximum absolute atomic E-state index is 3.88. The van der Waals surface area contributed by atoms with Crippen molar-refractivity contribution in [1.29, 1.82) is 0 Å². The smallest absolute Gasteiger partial charge is 0.0535 e. The summed E-state index contributed by atoms with van der Waals surface area (Å²) in [5.74, 6) is 0. The first kappa shape index (κ1) is 22.6. The lowest BCUT2D eigenvalue weighted by molar-refractivity contribution is 1.30. The Balaban J connectivity index is 1.54. The van der Waals surface area contributed by atoms with Crippen LogP contribution >= 0.6 is 0 Å². The van der Waals surface area contributed by atoms with Gasteiger partial charge in [-0.05, 0) is 69.3 Å². The molecule has 0 saturated heterocycles. The first-order valence-electron chi connectivity index (χ1n) is 12.5. The first-order chi connectivity index (χ1) is 18.2. The molecule has 0 atom stereocenters. The molecule has 1 nitrogen and oxygen atoms in total. The van der Waals surface area contributed by atoms with Crippen LogP contribution in [0.1, 0.15) is 16.7 Å². The Morgan fingerprint density at radius 2 is 0.919 bits per heavy atom. The Hall–Kier alpha value is -4.88. The van der Waals surface area contributed by atoms with Crippen molar-refractivity contribution in [3.63, 3.8) is 0 Å². The Bertz CT molecular complexity index is 1650. The van der Waals surface area contributed by atoms with E-state index in [1.807, 2.05) is 18.2 Å². The third-order valence-electron chi connectivity index (χ3n) is 6.98. The van der Waals surface area contributed by atoms with Crippen LogP contribution in [0.15, 0.2) is 128 Å². The van der Waals surface area contributed by atoms with E-state index in [2.05, 4.69) is 139 Å². The summed E-state index contributed by atoms with van der Waals surface area (Å²) in [6.07, 6.45) is 8.10. The number of benzene rings is 5. The lowest BCUT2D eigenvalue weighted by atomic mass is 9.99. The van der Waals surface area contributed by atoms with E-state index in [0.717, 1.165) is 11.1 Å². The molecule has 0 spiro atoms. The summed E-state index contributed by atoms with van der Waals surface area (Å²) in [5, 5.41) is 2.48. The Labute approximate surface area is 218 Å². The quantitative estimate of drug-likeness (QED) is 0.227. The monoisotopic (exact) mass is 473 g/mol. The molecule has 0 aliphatic heterocycles. The molecule has 0 radical (unpaired) electrons. The van der Waals surface area contributed by atoms with Crippen molar-refractivity contribution in [3.05, 3.63) is 145 Å². The SMILES string of the molecule is C=Cc1ccc(-c2ccc3c(c2)c2cc(-c4ccc(C=C)cc4)ccc2n3/C=C/c2ccccc2)cc1. The molecular formula is C36H27N. The Morgan fingerprint density at radius 1 is 0.459 bits per heavy atom. The molecule has 1 aromatic heterocycles. The molecule has 37 heavy (non-hydrogen) atoms. The fourth-order valence-corrected chi connectivity index (χ4v) is 4.92. The summed E-state index contributed by atoms with van der Waals surface area (Å²) in [5.41, 5.74) is 10.6. The highest BCUT2D eigenvalue weighted by Crippen LogP contribution is 2.36. The standard InChI is InChI=1S/C36H27N/c1-3-26-10-14-29(15-11-26)31-18-20-35-33(24-31)34-25-32(30-16-12-27(4-2)13-17-30)19-21-36(34)37(35)23-22-28-8-6-5-7-9-28/h3-25H,1-2H2/b23-22+. The molecule has 0 fully saturated rings. The van der Waals surface area contributed by atoms with Crippen molar-refractivity contribution in [2.75, 3.05) is 0 Å². The van der Waals surface area contributed by atoms with Crippen molar-refractivity contribution in [2.24, 2.45) is 0 Å². The van der Waals surface area contributed by atoms with Gasteiger partial charge in [-0.1, -0.05) is 116 Å². The summed E-state index contributed by atoms with van der Waals surface area (Å²) in [4.78, 5) is 0. The second kappa shape index (κ2) is 9.64. The molecule has 0 aliphatic carbocycles. The van der Waals surface area contributed by atoms with Gasteiger partial charge in [0.25, 0.3) is 0 Å². The van der Waals surface area contributed by atoms with Crippen LogP contribution in [0.2, 0.25) is 0 Å². The van der Waals surface area contributed by atoms with Crippen LogP contribution in [0.4, 0.5) is 0 Å². The number of rotatable bonds is 6. The third kappa shape index (κ3) is 4.32. The van der Waals surface area contributed by atoms with Crippen molar-refractivity contribution < 1.29 is 0 Å². The highest BCUT2D eigenvalue weighted by Gasteiger charge is 2.12. The van der Waals surface area contributed by atoms with E-state index in [1.54, 1.807) is 0 Å². The zero-order chi connectivity index (χ0) is 25.2. The molecule has 176 valence electrons. The van der Waals surface area contributed by atoms with Gasteiger partial charge in [0.2, 0.25) is 0 Å². The topological polar surface area (TPSA) is 4.93 Å². The fraction of sp³-hybridized carbons (Fsp3) is 0. The highest BCUT2D eigenvalue weighted by atomic mass is 14.9. The minimum atomic E-state index is 1.12. The molecule has 0 unspecified atom stereocenters. The summed E-state index contributed by atoms with van der Waals surface area (Å²) in [7, 11) is 0. The van der Waals surface area contributed by atoms with Crippen LogP contribution in [0.5, 0.6) is 0 Å². The summed E-state index contributed by atoms with van der Waals surface area (Å²) in [6.45, 7) is 7.76. The van der Waals surface area contributed by atoms with Gasteiger partial charge in [0.15, 0.2) is 0 Å². The fourth-order valence-electron chi connectivity index (χ4n) is 4.92. The van der Waals surface area contributed by atoms with Crippen molar-refractivity contribution in [3.8, 4) is 22.3 Å². The van der Waals surface area contributed by atoms with E-state index in [9.17, 15) is 0 Å². The number of hydrogen-bond acceptors (Lipinski definition) is 0. The third-order valence-corrected chi connectivity index (χ3v) is 6.98. The predicted molar refractivity (Wildman–Crippen MR) is 162 cm³/mol. The van der Waals surface area contributed by atoms with E-state index in [0.29, 0.717) is 0 Å². The molecule has 0 saturated carbocycles. The van der Waals surface area contributed by atoms with Gasteiger partial charge in [0, 0.05) is 17.0 Å². The first-order valence-corrected chi connectivity index (χ1v) is 12.5. The molecule has 6 aromatic rings. The van der Waals surface area contributed by atoms with Crippen molar-refractivity contribution in [2.45, 2.75) is 0 Å². The number of hydrogen-bond donors (Lipinski definition) is 0. The van der Waals surface area contributed by atoms with Gasteiger partial charge in [-0.3, -0.25) is 0 Å². The minimum absolute atomic E-state index is 1.12. The Morgan fingerprint density at radius 3 is 1.38 bits per heavy atom. The van der Waals surface area contributed by atoms with Gasteiger partial charge in [-0.25, -0.2) is 0 Å². The van der Waals surface area contributed by atoms with Gasteiger partial charge in [-0.15, -0.1) is 0 Å². The van der Waals surface area contributed by atoms with Crippen molar-refractivity contribution >= 4 is 46.2 Å². The van der Waals surface area contributed by atoms with Crippen molar-refractivity contribution in [1.82, 2.24) is 4.57 Å². The molecule has 6 rings (SSSR count). The van der Waals surface area contributed by atoms with Gasteiger partial charge in [0.05, 0.1) is 11.0 Å². The normalized spacial score (nSPS) is 11.4. The molecule has 0 aliphatic rings. The number of fused-ring (bicyclic) bond motifs is 3. The molecule has 1 heteroatoms. The Kier molecular flexibility index (Phi) is 5.88. The largest absolute Gasteiger partial charge is 0.316 e. The van der Waals surface area contributed by atoms with Crippen LogP contribution in [0.25, 0.3) is 68.5 Å². The average Bonchev–Trinajstić information content (AvgIpc) is 3.28. The van der Waals surface area contributed by atoms with E-state index in [-0.39, 0.29) is 0 Å². The van der Waals surface area contributed by atoms with Gasteiger partial charge < -0.3 is 4.57 Å². The highest BCUT2D eigenvalue weighted by molar-refractivity contribution is 6.12. The van der Waals surface area contributed by atoms with Gasteiger partial charge in [-0.2, -0.15) is 0 Å². The molecule has 0 bridgehead atoms. The number of aromatic nitrogens is 1. The molecular weight excluding hydrogens is 446 g/mol. The average molecular weight is 474 g/mol. The lowest BCUT2D eigenvalue weighted by Crippen LogP contribution is -1.86. The minimum Gasteiger partial charge on any atom is -0.316 e. The maximum Gasteiger partial charge on any atom is 0.0535 e. The van der Waals surface area contributed by atoms with Crippen LogP contribution in [-0.2, 0) is 0 Å². The van der Waals surface area contributed by atoms with Gasteiger partial charge >= 0.3 is 0 Å². The molecule has 5 aromatic carbocycles. The summed E-state index contributed by atoms with van der Waals surface area (Å²) >= 11 is 0. The lowest BCUT2D eigenvalue weighted by Gasteiger charge is -2.05. The van der Waals surface area contributed by atoms with Crippen LogP contribution in [-0.4, -0.2) is 4.57 Å². The maximum atomic E-state index is 3.88. The number of nitrogens with zero attached hydrogens (tertiary/aromatic N) is 1. The predicted octanol–water partition coefficient (Wildman–Crippen LogP) is 10.0. The summed E-state index contributed by atoms with van der Waals surface area (Å²) in [6, 6.07) is 41.1. The zero-order valence-electron chi connectivity index (χ0n) is 20.6. The van der Waals surface area contributed by atoms with Gasteiger partial charge in [0.1, 0.15) is 0 Å². The van der Waals surface area contributed by atoms with Crippen LogP contribution in [0.3, 0.4) is 0 Å². The zero-order valence-corrected chi connectivity index (χ0v) is 20.6. The molecule has 0 amide bonds. The molecule has 1 heterocycles. The van der Waals surface area contributed by atoms with Crippen LogP contribution in [0, 0.1) is 0 Å². The molecule has 0 N–H and O–H groups in total. The van der Waals surface area contributed by atoms with E-state index in [1.165, 1.54) is 49.6 Å². The van der Waals surface area contributed by atoms with E-state index in [4.69, 9.17) is 0 Å². The van der Waals surface area contributed by atoms with Crippen LogP contribution < -0.4 is 0 Å². The van der Waals surface area contributed by atoms with E-state index < -0.39 is 0 Å². The second-order valence-corrected chi connectivity index (χ2v) is 9.21. The summed E-state index contributed by atoms with van der Waals surface area (Å²) < 4.78 is 2.30. The second-order valence-electron chi connectivity index (χ2n) is 9.21. The van der Waals surface area contributed by atoms with E-state index >= 15 is 0 Å².